The molecule has 0 aromatic rings. The number of carbonyl (C=O) groups excluding carboxylic acids is 1. The summed E-state index contributed by atoms with van der Waals surface area (Å²) in [5.41, 5.74) is 0. The summed E-state index contributed by atoms with van der Waals surface area (Å²) in [5.74, 6) is -0.387. The van der Waals surface area contributed by atoms with Crippen molar-refractivity contribution in [1.82, 2.24) is 0 Å². The standard InChI is InChI=1S/C61H110O14/c1-3-5-7-9-11-13-15-17-19-21-23-25-26-28-30-32-34-36-38-40-42-44-53(63)73-50(47-70-45-43-41-39-37-35-33-31-29-27-24-22-20-18-16-14-12-10-8-6-4-2)48-71-60-59(69)57(67)55(65)52(75-60)49-72-61-58(68)56(66)54(64)51(46-62)74-61/h15,17-18,20-21,23,26,28,50-52,54-62,64-69H,3-14,16,19,22,24-25,27,29-49H2,1-2H3/b17-15-,20-18-,23-21-,28-26-. The van der Waals surface area contributed by atoms with Crippen molar-refractivity contribution >= 4 is 5.97 Å². The Morgan fingerprint density at radius 3 is 1.31 bits per heavy atom. The summed E-state index contributed by atoms with van der Waals surface area (Å²) in [6.45, 7) is 3.68. The second kappa shape index (κ2) is 47.9. The van der Waals surface area contributed by atoms with Gasteiger partial charge in [-0.2, -0.15) is 0 Å². The second-order valence-corrected chi connectivity index (χ2v) is 21.2. The van der Waals surface area contributed by atoms with Gasteiger partial charge in [0.05, 0.1) is 26.4 Å². The number of rotatable bonds is 49. The number of hydrogen-bond donors (Lipinski definition) is 7. The first-order valence-electron chi connectivity index (χ1n) is 30.2. The van der Waals surface area contributed by atoms with Gasteiger partial charge in [-0.05, 0) is 77.0 Å². The summed E-state index contributed by atoms with van der Waals surface area (Å²) in [4.78, 5) is 13.1. The Hall–Kier alpha value is -2.05. The average Bonchev–Trinajstić information content (AvgIpc) is 3.41. The molecule has 2 aliphatic rings. The largest absolute Gasteiger partial charge is 0.457 e. The fourth-order valence-electron chi connectivity index (χ4n) is 9.41. The van der Waals surface area contributed by atoms with Crippen LogP contribution in [0.4, 0.5) is 0 Å². The van der Waals surface area contributed by atoms with E-state index < -0.39 is 80.7 Å². The lowest BCUT2D eigenvalue weighted by Gasteiger charge is -2.42. The van der Waals surface area contributed by atoms with Gasteiger partial charge < -0.3 is 64.2 Å². The predicted molar refractivity (Wildman–Crippen MR) is 298 cm³/mol. The summed E-state index contributed by atoms with van der Waals surface area (Å²) in [7, 11) is 0. The molecule has 14 nitrogen and oxygen atoms in total. The topological polar surface area (TPSA) is 214 Å². The van der Waals surface area contributed by atoms with Crippen LogP contribution in [-0.2, 0) is 33.2 Å². The highest BCUT2D eigenvalue weighted by atomic mass is 16.7. The summed E-state index contributed by atoms with van der Waals surface area (Å²) < 4.78 is 34.4. The van der Waals surface area contributed by atoms with Crippen molar-refractivity contribution < 1.29 is 69.0 Å². The van der Waals surface area contributed by atoms with E-state index in [1.807, 2.05) is 0 Å². The highest BCUT2D eigenvalue weighted by Gasteiger charge is 2.47. The number of unbranched alkanes of at least 4 members (excludes halogenated alkanes) is 27. The Bertz CT molecular complexity index is 1420. The van der Waals surface area contributed by atoms with Gasteiger partial charge >= 0.3 is 5.97 Å². The van der Waals surface area contributed by atoms with E-state index in [1.165, 1.54) is 135 Å². The number of hydrogen-bond acceptors (Lipinski definition) is 14. The molecule has 0 saturated carbocycles. The second-order valence-electron chi connectivity index (χ2n) is 21.2. The van der Waals surface area contributed by atoms with Crippen molar-refractivity contribution in [3.05, 3.63) is 48.6 Å². The van der Waals surface area contributed by atoms with Crippen LogP contribution in [0.3, 0.4) is 0 Å². The third-order valence-electron chi connectivity index (χ3n) is 14.3. The third-order valence-corrected chi connectivity index (χ3v) is 14.3. The van der Waals surface area contributed by atoms with Crippen LogP contribution >= 0.6 is 0 Å². The van der Waals surface area contributed by atoms with Gasteiger partial charge in [0.25, 0.3) is 0 Å². The van der Waals surface area contributed by atoms with Crippen LogP contribution in [0, 0.1) is 0 Å². The molecule has 2 heterocycles. The van der Waals surface area contributed by atoms with Crippen LogP contribution < -0.4 is 0 Å². The Morgan fingerprint density at radius 2 is 0.827 bits per heavy atom. The van der Waals surface area contributed by atoms with E-state index in [0.717, 1.165) is 70.6 Å². The highest BCUT2D eigenvalue weighted by Crippen LogP contribution is 2.27. The maximum Gasteiger partial charge on any atom is 0.306 e. The molecular weight excluding hydrogens is 957 g/mol. The fourth-order valence-corrected chi connectivity index (χ4v) is 9.41. The monoisotopic (exact) mass is 1070 g/mol. The van der Waals surface area contributed by atoms with Crippen LogP contribution in [0.25, 0.3) is 0 Å². The number of aliphatic hydroxyl groups excluding tert-OH is 7. The molecule has 0 bridgehead atoms. The molecule has 7 N–H and O–H groups in total. The Labute approximate surface area is 454 Å². The van der Waals surface area contributed by atoms with Crippen LogP contribution in [0.1, 0.15) is 232 Å². The normalized spacial score (nSPS) is 24.9. The molecule has 75 heavy (non-hydrogen) atoms. The molecule has 0 amide bonds. The summed E-state index contributed by atoms with van der Waals surface area (Å²) >= 11 is 0. The molecule has 2 fully saturated rings. The first-order valence-corrected chi connectivity index (χ1v) is 30.2. The lowest BCUT2D eigenvalue weighted by Crippen LogP contribution is -2.61. The van der Waals surface area contributed by atoms with Gasteiger partial charge in [-0.3, -0.25) is 4.79 Å². The van der Waals surface area contributed by atoms with E-state index in [-0.39, 0.29) is 25.6 Å². The lowest BCUT2D eigenvalue weighted by molar-refractivity contribution is -0.332. The summed E-state index contributed by atoms with van der Waals surface area (Å²) in [5, 5.41) is 72.4. The average molecular weight is 1070 g/mol. The van der Waals surface area contributed by atoms with Crippen LogP contribution in [0.5, 0.6) is 0 Å². The lowest BCUT2D eigenvalue weighted by atomic mass is 9.98. The minimum absolute atomic E-state index is 0.0552. The molecule has 0 spiro atoms. The van der Waals surface area contributed by atoms with Crippen molar-refractivity contribution in [2.75, 3.05) is 33.0 Å². The molecule has 11 unspecified atom stereocenters. The van der Waals surface area contributed by atoms with Gasteiger partial charge in [-0.15, -0.1) is 0 Å². The predicted octanol–water partition coefficient (Wildman–Crippen LogP) is 11.1. The minimum Gasteiger partial charge on any atom is -0.457 e. The summed E-state index contributed by atoms with van der Waals surface area (Å²) in [6, 6.07) is 0. The number of carbonyl (C=O) groups is 1. The zero-order valence-electron chi connectivity index (χ0n) is 47.0. The van der Waals surface area contributed by atoms with Crippen molar-refractivity contribution in [2.45, 2.75) is 300 Å². The molecule has 438 valence electrons. The zero-order valence-corrected chi connectivity index (χ0v) is 47.0. The smallest absolute Gasteiger partial charge is 0.306 e. The molecule has 2 saturated heterocycles. The van der Waals surface area contributed by atoms with Crippen molar-refractivity contribution in [3.63, 3.8) is 0 Å². The molecule has 14 heteroatoms. The number of aliphatic hydroxyl groups is 7. The molecule has 2 aliphatic heterocycles. The van der Waals surface area contributed by atoms with Crippen LogP contribution in [0.15, 0.2) is 48.6 Å². The third kappa shape index (κ3) is 34.5. The highest BCUT2D eigenvalue weighted by molar-refractivity contribution is 5.69. The minimum atomic E-state index is -1.71. The fraction of sp³-hybridized carbons (Fsp3) is 0.852. The molecule has 0 aromatic heterocycles. The van der Waals surface area contributed by atoms with E-state index in [4.69, 9.17) is 28.4 Å². The number of allylic oxidation sites excluding steroid dienone is 8. The first kappa shape index (κ1) is 69.1. The first-order chi connectivity index (χ1) is 36.6. The van der Waals surface area contributed by atoms with Crippen LogP contribution in [0.2, 0.25) is 0 Å². The van der Waals surface area contributed by atoms with Gasteiger partial charge in [0.2, 0.25) is 0 Å². The molecule has 0 aromatic carbocycles. The maximum atomic E-state index is 13.1. The van der Waals surface area contributed by atoms with E-state index in [2.05, 4.69) is 62.5 Å². The maximum absolute atomic E-state index is 13.1. The van der Waals surface area contributed by atoms with Crippen molar-refractivity contribution in [3.8, 4) is 0 Å². The molecular formula is C61H110O14. The van der Waals surface area contributed by atoms with Gasteiger partial charge in [0.15, 0.2) is 12.6 Å². The Balaban J connectivity index is 1.71. The molecule has 2 rings (SSSR count). The quantitative estimate of drug-likeness (QED) is 0.0172. The van der Waals surface area contributed by atoms with E-state index in [1.54, 1.807) is 0 Å². The number of ether oxygens (including phenoxy) is 6. The van der Waals surface area contributed by atoms with Gasteiger partial charge in [0.1, 0.15) is 54.9 Å². The van der Waals surface area contributed by atoms with Gasteiger partial charge in [-0.25, -0.2) is 0 Å². The SMILES string of the molecule is CCCCCCC/C=C\C/C=C\C/C=C\CCCCCCCCC(=O)OC(COCCCCCCCCCCCC/C=C\CCCCCCCC)COC1OC(COC2OC(CO)C(O)C(O)C2O)C(O)C(O)C1O. The summed E-state index contributed by atoms with van der Waals surface area (Å²) in [6.07, 6.45) is 41.6. The van der Waals surface area contributed by atoms with E-state index in [9.17, 15) is 40.5 Å². The Morgan fingerprint density at radius 1 is 0.440 bits per heavy atom. The Kier molecular flexibility index (Phi) is 44.1. The molecule has 0 radical (unpaired) electrons. The van der Waals surface area contributed by atoms with Crippen molar-refractivity contribution in [2.24, 2.45) is 0 Å². The van der Waals surface area contributed by atoms with Gasteiger partial charge in [-0.1, -0.05) is 197 Å². The van der Waals surface area contributed by atoms with E-state index in [0.29, 0.717) is 13.0 Å². The van der Waals surface area contributed by atoms with Crippen LogP contribution in [-0.4, -0.2) is 142 Å². The van der Waals surface area contributed by atoms with E-state index >= 15 is 0 Å². The van der Waals surface area contributed by atoms with Crippen molar-refractivity contribution in [1.29, 1.82) is 0 Å². The zero-order chi connectivity index (χ0) is 54.4. The number of esters is 1. The molecule has 11 atom stereocenters. The molecule has 0 aliphatic carbocycles. The van der Waals surface area contributed by atoms with Gasteiger partial charge in [0, 0.05) is 13.0 Å².